The molecule has 1 aliphatic carbocycles. The van der Waals surface area contributed by atoms with Gasteiger partial charge in [-0.2, -0.15) is 0 Å². The van der Waals surface area contributed by atoms with Crippen LogP contribution in [0.5, 0.6) is 5.75 Å². The highest BCUT2D eigenvalue weighted by Gasteiger charge is 2.23. The monoisotopic (exact) mass is 263 g/mol. The van der Waals surface area contributed by atoms with Crippen molar-refractivity contribution in [2.24, 2.45) is 0 Å². The van der Waals surface area contributed by atoms with Crippen LogP contribution in [0, 0.1) is 0 Å². The smallest absolute Gasteiger partial charge is 0.335 e. The molecule has 0 amide bonds. The predicted molar refractivity (Wildman–Crippen MR) is 73.8 cm³/mol. The SMILES string of the molecule is CN(C)C1CCC(Oc2ccc(C(=O)O)cc2)CC1. The van der Waals surface area contributed by atoms with Gasteiger partial charge < -0.3 is 14.7 Å². The first-order valence-electron chi connectivity index (χ1n) is 6.72. The Kier molecular flexibility index (Phi) is 4.43. The van der Waals surface area contributed by atoms with Crippen LogP contribution in [0.25, 0.3) is 0 Å². The molecule has 0 heterocycles. The number of ether oxygens (including phenoxy) is 1. The van der Waals surface area contributed by atoms with Crippen molar-refractivity contribution in [3.05, 3.63) is 29.8 Å². The van der Waals surface area contributed by atoms with Crippen molar-refractivity contribution in [2.45, 2.75) is 37.8 Å². The molecule has 0 unspecified atom stereocenters. The second-order valence-corrected chi connectivity index (χ2v) is 5.34. The first-order valence-corrected chi connectivity index (χ1v) is 6.72. The highest BCUT2D eigenvalue weighted by atomic mass is 16.5. The molecule has 1 aromatic rings. The normalized spacial score (nSPS) is 23.3. The molecule has 0 atom stereocenters. The molecular weight excluding hydrogens is 242 g/mol. The van der Waals surface area contributed by atoms with E-state index in [1.54, 1.807) is 24.3 Å². The Morgan fingerprint density at radius 1 is 1.16 bits per heavy atom. The van der Waals surface area contributed by atoms with Gasteiger partial charge in [0.1, 0.15) is 5.75 Å². The highest BCUT2D eigenvalue weighted by molar-refractivity contribution is 5.87. The lowest BCUT2D eigenvalue weighted by molar-refractivity contribution is 0.0696. The molecule has 0 spiro atoms. The molecule has 1 aromatic carbocycles. The molecule has 0 saturated heterocycles. The van der Waals surface area contributed by atoms with E-state index in [0.29, 0.717) is 11.6 Å². The zero-order chi connectivity index (χ0) is 13.8. The van der Waals surface area contributed by atoms with E-state index in [9.17, 15) is 4.79 Å². The summed E-state index contributed by atoms with van der Waals surface area (Å²) in [5.74, 6) is -0.142. The molecule has 19 heavy (non-hydrogen) atoms. The Morgan fingerprint density at radius 3 is 2.21 bits per heavy atom. The van der Waals surface area contributed by atoms with Gasteiger partial charge in [0.05, 0.1) is 11.7 Å². The molecule has 4 nitrogen and oxygen atoms in total. The van der Waals surface area contributed by atoms with E-state index in [0.717, 1.165) is 31.4 Å². The van der Waals surface area contributed by atoms with Crippen molar-refractivity contribution < 1.29 is 14.6 Å². The van der Waals surface area contributed by atoms with Crippen LogP contribution in [0.3, 0.4) is 0 Å². The number of benzene rings is 1. The van der Waals surface area contributed by atoms with E-state index in [4.69, 9.17) is 9.84 Å². The Morgan fingerprint density at radius 2 is 1.74 bits per heavy atom. The summed E-state index contributed by atoms with van der Waals surface area (Å²) < 4.78 is 5.91. The third kappa shape index (κ3) is 3.70. The molecule has 0 radical (unpaired) electrons. The molecule has 0 aliphatic heterocycles. The number of carbonyl (C=O) groups is 1. The number of aromatic carboxylic acids is 1. The van der Waals surface area contributed by atoms with Crippen LogP contribution in [0.2, 0.25) is 0 Å². The lowest BCUT2D eigenvalue weighted by Gasteiger charge is -2.32. The first kappa shape index (κ1) is 13.9. The van der Waals surface area contributed by atoms with Crippen molar-refractivity contribution in [3.63, 3.8) is 0 Å². The van der Waals surface area contributed by atoms with Gasteiger partial charge in [0, 0.05) is 6.04 Å². The van der Waals surface area contributed by atoms with E-state index in [-0.39, 0.29) is 6.10 Å². The Bertz CT molecular complexity index is 420. The van der Waals surface area contributed by atoms with Gasteiger partial charge in [-0.15, -0.1) is 0 Å². The third-order valence-corrected chi connectivity index (χ3v) is 3.78. The number of carboxylic acids is 1. The lowest BCUT2D eigenvalue weighted by atomic mass is 9.92. The van der Waals surface area contributed by atoms with Gasteiger partial charge in [0.2, 0.25) is 0 Å². The lowest BCUT2D eigenvalue weighted by Crippen LogP contribution is -2.35. The van der Waals surface area contributed by atoms with Crippen molar-refractivity contribution in [1.29, 1.82) is 0 Å². The minimum Gasteiger partial charge on any atom is -0.490 e. The zero-order valence-electron chi connectivity index (χ0n) is 11.5. The van der Waals surface area contributed by atoms with Gasteiger partial charge in [0.15, 0.2) is 0 Å². The van der Waals surface area contributed by atoms with Gasteiger partial charge >= 0.3 is 5.97 Å². The average molecular weight is 263 g/mol. The van der Waals surface area contributed by atoms with Gasteiger partial charge in [-0.05, 0) is 64.0 Å². The maximum absolute atomic E-state index is 10.8. The Balaban J connectivity index is 1.87. The van der Waals surface area contributed by atoms with Crippen LogP contribution in [-0.4, -0.2) is 42.2 Å². The van der Waals surface area contributed by atoms with Crippen molar-refractivity contribution in [1.82, 2.24) is 4.90 Å². The maximum Gasteiger partial charge on any atom is 0.335 e. The fourth-order valence-corrected chi connectivity index (χ4v) is 2.55. The second-order valence-electron chi connectivity index (χ2n) is 5.34. The number of hydrogen-bond donors (Lipinski definition) is 1. The average Bonchev–Trinajstić information content (AvgIpc) is 2.40. The molecule has 0 aromatic heterocycles. The fourth-order valence-electron chi connectivity index (χ4n) is 2.55. The Hall–Kier alpha value is -1.55. The minimum absolute atomic E-state index is 0.256. The van der Waals surface area contributed by atoms with Crippen LogP contribution in [-0.2, 0) is 0 Å². The van der Waals surface area contributed by atoms with E-state index >= 15 is 0 Å². The summed E-state index contributed by atoms with van der Waals surface area (Å²) in [7, 11) is 4.24. The molecule has 0 bridgehead atoms. The maximum atomic E-state index is 10.8. The van der Waals surface area contributed by atoms with Crippen molar-refractivity contribution >= 4 is 5.97 Å². The molecule has 4 heteroatoms. The molecule has 1 fully saturated rings. The summed E-state index contributed by atoms with van der Waals surface area (Å²) in [6.45, 7) is 0. The van der Waals surface area contributed by atoms with Crippen molar-refractivity contribution in [3.8, 4) is 5.75 Å². The summed E-state index contributed by atoms with van der Waals surface area (Å²) in [6.07, 6.45) is 4.69. The second kappa shape index (κ2) is 6.06. The largest absolute Gasteiger partial charge is 0.490 e. The predicted octanol–water partition coefficient (Wildman–Crippen LogP) is 2.64. The first-order chi connectivity index (χ1) is 9.06. The Labute approximate surface area is 114 Å². The summed E-state index contributed by atoms with van der Waals surface area (Å²) in [4.78, 5) is 13.0. The van der Waals surface area contributed by atoms with E-state index in [1.165, 1.54) is 0 Å². The number of carboxylic acid groups (broad SMARTS) is 1. The van der Waals surface area contributed by atoms with E-state index < -0.39 is 5.97 Å². The third-order valence-electron chi connectivity index (χ3n) is 3.78. The van der Waals surface area contributed by atoms with Crippen LogP contribution in [0.4, 0.5) is 0 Å². The van der Waals surface area contributed by atoms with Crippen LogP contribution in [0.1, 0.15) is 36.0 Å². The molecule has 1 saturated carbocycles. The van der Waals surface area contributed by atoms with Crippen LogP contribution < -0.4 is 4.74 Å². The zero-order valence-corrected chi connectivity index (χ0v) is 11.5. The summed E-state index contributed by atoms with van der Waals surface area (Å²) >= 11 is 0. The number of hydrogen-bond acceptors (Lipinski definition) is 3. The summed E-state index contributed by atoms with van der Waals surface area (Å²) in [5.41, 5.74) is 0.295. The highest BCUT2D eigenvalue weighted by Crippen LogP contribution is 2.25. The molecular formula is C15H21NO3. The van der Waals surface area contributed by atoms with Gasteiger partial charge in [0.25, 0.3) is 0 Å². The molecule has 1 N–H and O–H groups in total. The van der Waals surface area contributed by atoms with Gasteiger partial charge in [-0.3, -0.25) is 0 Å². The van der Waals surface area contributed by atoms with Gasteiger partial charge in [-0.25, -0.2) is 4.79 Å². The minimum atomic E-state index is -0.905. The van der Waals surface area contributed by atoms with Crippen LogP contribution >= 0.6 is 0 Å². The van der Waals surface area contributed by atoms with E-state index in [2.05, 4.69) is 19.0 Å². The quantitative estimate of drug-likeness (QED) is 0.907. The van der Waals surface area contributed by atoms with Crippen LogP contribution in [0.15, 0.2) is 24.3 Å². The standard InChI is InChI=1S/C15H21NO3/c1-16(2)12-5-9-14(10-6-12)19-13-7-3-11(4-8-13)15(17)18/h3-4,7-8,12,14H,5-6,9-10H2,1-2H3,(H,17,18). The summed E-state index contributed by atoms with van der Waals surface area (Å²) in [6, 6.07) is 7.31. The summed E-state index contributed by atoms with van der Waals surface area (Å²) in [5, 5.41) is 8.83. The number of nitrogens with zero attached hydrogens (tertiary/aromatic N) is 1. The number of rotatable bonds is 4. The fraction of sp³-hybridized carbons (Fsp3) is 0.533. The van der Waals surface area contributed by atoms with Gasteiger partial charge in [-0.1, -0.05) is 0 Å². The molecule has 104 valence electrons. The van der Waals surface area contributed by atoms with Crippen molar-refractivity contribution in [2.75, 3.05) is 14.1 Å². The molecule has 1 aliphatic rings. The van der Waals surface area contributed by atoms with E-state index in [1.807, 2.05) is 0 Å². The molecule has 2 rings (SSSR count). The topological polar surface area (TPSA) is 49.8 Å².